The molecule has 2 aromatic rings. The summed E-state index contributed by atoms with van der Waals surface area (Å²) in [6.07, 6.45) is 1.29. The van der Waals surface area contributed by atoms with Crippen LogP contribution in [0.1, 0.15) is 37.0 Å². The lowest BCUT2D eigenvalue weighted by Crippen LogP contribution is -2.48. The number of hydrogen-bond donors (Lipinski definition) is 1. The molecule has 4 rings (SSSR count). The first kappa shape index (κ1) is 24.5. The summed E-state index contributed by atoms with van der Waals surface area (Å²) in [6, 6.07) is 14.3. The quantitative estimate of drug-likeness (QED) is 0.674. The second kappa shape index (κ2) is 10.3. The molecule has 1 amide bonds. The van der Waals surface area contributed by atoms with Crippen molar-refractivity contribution in [2.75, 3.05) is 38.2 Å². The molecular formula is C25H33N3O5S. The van der Waals surface area contributed by atoms with E-state index in [1.54, 1.807) is 25.3 Å². The molecule has 2 saturated heterocycles. The number of piperidine rings is 1. The second-order valence-electron chi connectivity index (χ2n) is 9.04. The van der Waals surface area contributed by atoms with Crippen molar-refractivity contribution in [1.82, 2.24) is 9.62 Å². The maximum atomic E-state index is 13.2. The monoisotopic (exact) mass is 487 g/mol. The molecule has 0 aromatic heterocycles. The fraction of sp³-hybridized carbons (Fsp3) is 0.480. The molecule has 2 fully saturated rings. The summed E-state index contributed by atoms with van der Waals surface area (Å²) in [5.41, 5.74) is 1.49. The summed E-state index contributed by atoms with van der Waals surface area (Å²) in [4.78, 5) is 15.4. The smallest absolute Gasteiger partial charge is 0.251 e. The lowest BCUT2D eigenvalue weighted by molar-refractivity contribution is -0.0440. The topological polar surface area (TPSA) is 88.2 Å². The van der Waals surface area contributed by atoms with E-state index < -0.39 is 10.0 Å². The number of benzene rings is 2. The average molecular weight is 488 g/mol. The molecule has 2 unspecified atom stereocenters. The summed E-state index contributed by atoms with van der Waals surface area (Å²) in [5, 5.41) is 3.08. The van der Waals surface area contributed by atoms with Crippen molar-refractivity contribution in [2.45, 2.75) is 49.8 Å². The van der Waals surface area contributed by atoms with E-state index in [4.69, 9.17) is 9.47 Å². The van der Waals surface area contributed by atoms with Crippen LogP contribution in [0, 0.1) is 0 Å². The largest absolute Gasteiger partial charge is 0.497 e. The number of hydrogen-bond acceptors (Lipinski definition) is 6. The SMILES string of the molecule is COc1ccc(N2CCC(NC(=O)c3cccc(S(=O)(=O)N4CC(C)OC(C)C4)c3)CC2)cc1. The van der Waals surface area contributed by atoms with Gasteiger partial charge in [-0.25, -0.2) is 8.42 Å². The van der Waals surface area contributed by atoms with Crippen molar-refractivity contribution in [3.8, 4) is 5.75 Å². The first-order valence-corrected chi connectivity index (χ1v) is 13.2. The molecule has 184 valence electrons. The van der Waals surface area contributed by atoms with Crippen LogP contribution in [0.4, 0.5) is 5.69 Å². The van der Waals surface area contributed by atoms with Crippen LogP contribution in [0.3, 0.4) is 0 Å². The molecule has 2 atom stereocenters. The number of rotatable bonds is 6. The van der Waals surface area contributed by atoms with Gasteiger partial charge in [0.1, 0.15) is 5.75 Å². The van der Waals surface area contributed by atoms with Gasteiger partial charge in [-0.2, -0.15) is 4.31 Å². The van der Waals surface area contributed by atoms with Crippen molar-refractivity contribution in [2.24, 2.45) is 0 Å². The Morgan fingerprint density at radius 3 is 2.29 bits per heavy atom. The highest BCUT2D eigenvalue weighted by Gasteiger charge is 2.32. The van der Waals surface area contributed by atoms with Crippen molar-refractivity contribution in [1.29, 1.82) is 0 Å². The molecule has 1 N–H and O–H groups in total. The first-order chi connectivity index (χ1) is 16.3. The van der Waals surface area contributed by atoms with E-state index in [-0.39, 0.29) is 29.1 Å². The van der Waals surface area contributed by atoms with Gasteiger partial charge < -0.3 is 19.7 Å². The number of nitrogens with zero attached hydrogens (tertiary/aromatic N) is 2. The summed E-state index contributed by atoms with van der Waals surface area (Å²) in [7, 11) is -2.05. The van der Waals surface area contributed by atoms with Crippen LogP contribution in [0.15, 0.2) is 53.4 Å². The zero-order chi connectivity index (χ0) is 24.3. The Labute approximate surface area is 201 Å². The van der Waals surface area contributed by atoms with E-state index >= 15 is 0 Å². The third-order valence-corrected chi connectivity index (χ3v) is 8.22. The van der Waals surface area contributed by atoms with E-state index in [0.717, 1.165) is 37.4 Å². The fourth-order valence-corrected chi connectivity index (χ4v) is 6.25. The maximum Gasteiger partial charge on any atom is 0.251 e. The van der Waals surface area contributed by atoms with Gasteiger partial charge in [0.25, 0.3) is 5.91 Å². The standard InChI is InChI=1S/C25H33N3O5S/c1-18-16-28(17-19(2)33-18)34(30,31)24-6-4-5-20(15-24)25(29)26-21-11-13-27(14-12-21)22-7-9-23(32-3)10-8-22/h4-10,15,18-19,21H,11-14,16-17H2,1-3H3,(H,26,29). The molecule has 2 aliphatic rings. The van der Waals surface area contributed by atoms with Crippen LogP contribution in [0.5, 0.6) is 5.75 Å². The zero-order valence-corrected chi connectivity index (χ0v) is 20.8. The Balaban J connectivity index is 1.37. The summed E-state index contributed by atoms with van der Waals surface area (Å²) >= 11 is 0. The second-order valence-corrected chi connectivity index (χ2v) is 11.0. The van der Waals surface area contributed by atoms with Gasteiger partial charge in [-0.15, -0.1) is 0 Å². The van der Waals surface area contributed by atoms with Gasteiger partial charge in [0.15, 0.2) is 0 Å². The van der Waals surface area contributed by atoms with Crippen LogP contribution in [0.25, 0.3) is 0 Å². The van der Waals surface area contributed by atoms with Gasteiger partial charge >= 0.3 is 0 Å². The van der Waals surface area contributed by atoms with Gasteiger partial charge in [0.05, 0.1) is 24.2 Å². The van der Waals surface area contributed by atoms with Crippen molar-refractivity contribution < 1.29 is 22.7 Å². The molecule has 0 radical (unpaired) electrons. The Kier molecular flexibility index (Phi) is 7.45. The Bertz CT molecular complexity index is 1090. The minimum absolute atomic E-state index is 0.0446. The third-order valence-electron chi connectivity index (χ3n) is 6.39. The number of morpholine rings is 1. The Morgan fingerprint density at radius 1 is 1.03 bits per heavy atom. The molecule has 2 aliphatic heterocycles. The molecule has 0 saturated carbocycles. The molecule has 34 heavy (non-hydrogen) atoms. The molecule has 9 heteroatoms. The maximum absolute atomic E-state index is 13.2. The number of sulfonamides is 1. The summed E-state index contributed by atoms with van der Waals surface area (Å²) in [5.74, 6) is 0.580. The minimum atomic E-state index is -3.70. The Morgan fingerprint density at radius 2 is 1.68 bits per heavy atom. The van der Waals surface area contributed by atoms with Gasteiger partial charge in [0, 0.05) is 43.5 Å². The average Bonchev–Trinajstić information content (AvgIpc) is 2.84. The van der Waals surface area contributed by atoms with E-state index in [1.807, 2.05) is 38.1 Å². The van der Waals surface area contributed by atoms with E-state index in [0.29, 0.717) is 18.7 Å². The van der Waals surface area contributed by atoms with Gasteiger partial charge in [-0.1, -0.05) is 6.07 Å². The molecule has 0 aliphatic carbocycles. The van der Waals surface area contributed by atoms with Gasteiger partial charge in [0.2, 0.25) is 10.0 Å². The molecule has 2 heterocycles. The number of carbonyl (C=O) groups excluding carboxylic acids is 1. The third kappa shape index (κ3) is 5.54. The number of amides is 1. The highest BCUT2D eigenvalue weighted by molar-refractivity contribution is 7.89. The van der Waals surface area contributed by atoms with Crippen molar-refractivity contribution in [3.05, 3.63) is 54.1 Å². The molecular weight excluding hydrogens is 454 g/mol. The number of ether oxygens (including phenoxy) is 2. The zero-order valence-electron chi connectivity index (χ0n) is 19.9. The molecule has 0 bridgehead atoms. The van der Waals surface area contributed by atoms with E-state index in [9.17, 15) is 13.2 Å². The van der Waals surface area contributed by atoms with E-state index in [1.165, 1.54) is 10.4 Å². The minimum Gasteiger partial charge on any atom is -0.497 e. The van der Waals surface area contributed by atoms with Crippen molar-refractivity contribution in [3.63, 3.8) is 0 Å². The fourth-order valence-electron chi connectivity index (χ4n) is 4.62. The molecule has 2 aromatic carbocycles. The van der Waals surface area contributed by atoms with Crippen LogP contribution >= 0.6 is 0 Å². The Hall–Kier alpha value is -2.62. The number of methoxy groups -OCH3 is 1. The van der Waals surface area contributed by atoms with Crippen molar-refractivity contribution >= 4 is 21.6 Å². The van der Waals surface area contributed by atoms with Gasteiger partial charge in [-0.05, 0) is 69.2 Å². The van der Waals surface area contributed by atoms with Crippen LogP contribution in [-0.2, 0) is 14.8 Å². The summed E-state index contributed by atoms with van der Waals surface area (Å²) in [6.45, 7) is 5.99. The number of anilines is 1. The predicted octanol–water partition coefficient (Wildman–Crippen LogP) is 2.89. The van der Waals surface area contributed by atoms with E-state index in [2.05, 4.69) is 10.2 Å². The summed E-state index contributed by atoms with van der Waals surface area (Å²) < 4.78 is 38.7. The number of nitrogens with one attached hydrogen (secondary N) is 1. The lowest BCUT2D eigenvalue weighted by Gasteiger charge is -2.34. The van der Waals surface area contributed by atoms with Crippen LogP contribution < -0.4 is 15.0 Å². The molecule has 0 spiro atoms. The van der Waals surface area contributed by atoms with Crippen LogP contribution in [-0.4, -0.2) is 70.2 Å². The highest BCUT2D eigenvalue weighted by atomic mass is 32.2. The van der Waals surface area contributed by atoms with Gasteiger partial charge in [-0.3, -0.25) is 4.79 Å². The normalized spacial score (nSPS) is 22.4. The molecule has 8 nitrogen and oxygen atoms in total. The van der Waals surface area contributed by atoms with Crippen LogP contribution in [0.2, 0.25) is 0 Å². The first-order valence-electron chi connectivity index (χ1n) is 11.7. The lowest BCUT2D eigenvalue weighted by atomic mass is 10.0. The highest BCUT2D eigenvalue weighted by Crippen LogP contribution is 2.24. The predicted molar refractivity (Wildman–Crippen MR) is 131 cm³/mol. The number of carbonyl (C=O) groups is 1.